The highest BCUT2D eigenvalue weighted by molar-refractivity contribution is 5.31. The fourth-order valence-corrected chi connectivity index (χ4v) is 1.51. The number of rotatable bonds is 4. The van der Waals surface area contributed by atoms with E-state index in [1.807, 2.05) is 0 Å². The minimum absolute atomic E-state index is 0.116. The van der Waals surface area contributed by atoms with Crippen LogP contribution in [-0.2, 0) is 4.74 Å². The number of benzene rings is 1. The van der Waals surface area contributed by atoms with Gasteiger partial charge in [-0.05, 0) is 20.2 Å². The molecule has 1 atom stereocenters. The smallest absolute Gasteiger partial charge is 0.165 e. The van der Waals surface area contributed by atoms with Crippen LogP contribution in [0.1, 0.15) is 11.8 Å². The third-order valence-electron chi connectivity index (χ3n) is 2.23. The van der Waals surface area contributed by atoms with Crippen LogP contribution in [0.4, 0.5) is 8.78 Å². The lowest BCUT2D eigenvalue weighted by atomic mass is 10.1. The highest BCUT2D eigenvalue weighted by Crippen LogP contribution is 2.27. The molecule has 0 amide bonds. The molecule has 0 fully saturated rings. The molecular formula is C11H15F2NO2. The lowest BCUT2D eigenvalue weighted by Gasteiger charge is -2.23. The summed E-state index contributed by atoms with van der Waals surface area (Å²) in [6.45, 7) is 0. The zero-order chi connectivity index (χ0) is 12.3. The first-order valence-electron chi connectivity index (χ1n) is 4.73. The van der Waals surface area contributed by atoms with Crippen molar-refractivity contribution in [1.29, 1.82) is 0 Å². The summed E-state index contributed by atoms with van der Waals surface area (Å²) < 4.78 is 36.9. The Morgan fingerprint density at radius 1 is 1.12 bits per heavy atom. The Kier molecular flexibility index (Phi) is 4.20. The molecule has 90 valence electrons. The van der Waals surface area contributed by atoms with Crippen molar-refractivity contribution in [2.75, 3.05) is 28.3 Å². The Balaban J connectivity index is 3.18. The Morgan fingerprint density at radius 3 is 2.19 bits per heavy atom. The van der Waals surface area contributed by atoms with Gasteiger partial charge in [0.2, 0.25) is 0 Å². The van der Waals surface area contributed by atoms with Gasteiger partial charge in [-0.15, -0.1) is 0 Å². The van der Waals surface area contributed by atoms with Crippen LogP contribution in [-0.4, -0.2) is 33.2 Å². The summed E-state index contributed by atoms with van der Waals surface area (Å²) in [6, 6.07) is 2.10. The number of hydrogen-bond acceptors (Lipinski definition) is 3. The molecule has 0 saturated carbocycles. The molecule has 5 heteroatoms. The maximum Gasteiger partial charge on any atom is 0.165 e. The molecule has 1 unspecified atom stereocenters. The lowest BCUT2D eigenvalue weighted by molar-refractivity contribution is -0.00814. The number of methoxy groups -OCH3 is 2. The SMILES string of the molecule is COc1cc(F)c(C(OC)N(C)C)cc1F. The topological polar surface area (TPSA) is 21.7 Å². The average molecular weight is 231 g/mol. The second kappa shape index (κ2) is 5.23. The van der Waals surface area contributed by atoms with Crippen LogP contribution in [0.15, 0.2) is 12.1 Å². The average Bonchev–Trinajstić information content (AvgIpc) is 2.23. The van der Waals surface area contributed by atoms with Crippen LogP contribution in [0, 0.1) is 11.6 Å². The van der Waals surface area contributed by atoms with E-state index in [-0.39, 0.29) is 11.3 Å². The standard InChI is InChI=1S/C11H15F2NO2/c1-14(2)11(16-4)7-5-9(13)10(15-3)6-8(7)12/h5-6,11H,1-4H3. The van der Waals surface area contributed by atoms with Crippen LogP contribution in [0.3, 0.4) is 0 Å². The second-order valence-electron chi connectivity index (χ2n) is 3.56. The monoisotopic (exact) mass is 231 g/mol. The van der Waals surface area contributed by atoms with Crippen LogP contribution in [0.25, 0.3) is 0 Å². The van der Waals surface area contributed by atoms with E-state index >= 15 is 0 Å². The van der Waals surface area contributed by atoms with Crippen molar-refractivity contribution in [3.05, 3.63) is 29.3 Å². The molecule has 16 heavy (non-hydrogen) atoms. The predicted octanol–water partition coefficient (Wildman–Crippen LogP) is 2.18. The Labute approximate surface area is 93.6 Å². The van der Waals surface area contributed by atoms with Crippen molar-refractivity contribution in [3.8, 4) is 5.75 Å². The third kappa shape index (κ3) is 2.48. The van der Waals surface area contributed by atoms with Crippen molar-refractivity contribution in [2.24, 2.45) is 0 Å². The van der Waals surface area contributed by atoms with Crippen molar-refractivity contribution in [1.82, 2.24) is 4.90 Å². The molecule has 3 nitrogen and oxygen atoms in total. The van der Waals surface area contributed by atoms with Gasteiger partial charge in [-0.3, -0.25) is 4.90 Å². The minimum atomic E-state index is -0.625. The van der Waals surface area contributed by atoms with Gasteiger partial charge in [0.25, 0.3) is 0 Å². The van der Waals surface area contributed by atoms with E-state index in [9.17, 15) is 8.78 Å². The first kappa shape index (κ1) is 12.9. The summed E-state index contributed by atoms with van der Waals surface area (Å²) in [5.74, 6) is -1.28. The summed E-state index contributed by atoms with van der Waals surface area (Å²) in [4.78, 5) is 1.64. The molecule has 0 aliphatic carbocycles. The highest BCUT2D eigenvalue weighted by atomic mass is 19.1. The quantitative estimate of drug-likeness (QED) is 0.741. The molecule has 0 aromatic heterocycles. The molecule has 1 aromatic rings. The second-order valence-corrected chi connectivity index (χ2v) is 3.56. The minimum Gasteiger partial charge on any atom is -0.494 e. The van der Waals surface area contributed by atoms with E-state index in [0.717, 1.165) is 12.1 Å². The summed E-state index contributed by atoms with van der Waals surface area (Å²) in [7, 11) is 6.16. The molecule has 0 aliphatic heterocycles. The Morgan fingerprint density at radius 2 is 1.75 bits per heavy atom. The van der Waals surface area contributed by atoms with E-state index in [2.05, 4.69) is 4.74 Å². The maximum atomic E-state index is 13.7. The Hall–Kier alpha value is -1.20. The van der Waals surface area contributed by atoms with E-state index in [1.54, 1.807) is 19.0 Å². The van der Waals surface area contributed by atoms with Gasteiger partial charge in [-0.2, -0.15) is 0 Å². The van der Waals surface area contributed by atoms with E-state index in [4.69, 9.17) is 4.74 Å². The first-order chi connectivity index (χ1) is 7.51. The number of hydrogen-bond donors (Lipinski definition) is 0. The third-order valence-corrected chi connectivity index (χ3v) is 2.23. The summed E-state index contributed by atoms with van der Waals surface area (Å²) in [5.41, 5.74) is 0.144. The maximum absolute atomic E-state index is 13.7. The number of nitrogens with zero attached hydrogens (tertiary/aromatic N) is 1. The molecule has 1 aromatic carbocycles. The molecule has 0 heterocycles. The molecule has 0 spiro atoms. The van der Waals surface area contributed by atoms with Gasteiger partial charge in [0.05, 0.1) is 7.11 Å². The van der Waals surface area contributed by atoms with Gasteiger partial charge in [0.15, 0.2) is 11.6 Å². The number of halogens is 2. The zero-order valence-electron chi connectivity index (χ0n) is 9.75. The van der Waals surface area contributed by atoms with Crippen molar-refractivity contribution in [2.45, 2.75) is 6.23 Å². The van der Waals surface area contributed by atoms with Crippen molar-refractivity contribution < 1.29 is 18.3 Å². The van der Waals surface area contributed by atoms with E-state index < -0.39 is 17.9 Å². The summed E-state index contributed by atoms with van der Waals surface area (Å²) in [6.07, 6.45) is -0.625. The summed E-state index contributed by atoms with van der Waals surface area (Å²) >= 11 is 0. The molecule has 1 rings (SSSR count). The fourth-order valence-electron chi connectivity index (χ4n) is 1.51. The van der Waals surface area contributed by atoms with Crippen LogP contribution >= 0.6 is 0 Å². The van der Waals surface area contributed by atoms with Crippen LogP contribution < -0.4 is 4.74 Å². The van der Waals surface area contributed by atoms with Crippen LogP contribution in [0.2, 0.25) is 0 Å². The van der Waals surface area contributed by atoms with Gasteiger partial charge < -0.3 is 9.47 Å². The fraction of sp³-hybridized carbons (Fsp3) is 0.455. The predicted molar refractivity (Wildman–Crippen MR) is 56.3 cm³/mol. The molecule has 0 radical (unpaired) electrons. The lowest BCUT2D eigenvalue weighted by Crippen LogP contribution is -2.22. The summed E-state index contributed by atoms with van der Waals surface area (Å²) in [5, 5.41) is 0. The van der Waals surface area contributed by atoms with E-state index in [1.165, 1.54) is 14.2 Å². The molecule has 0 N–H and O–H groups in total. The van der Waals surface area contributed by atoms with Gasteiger partial charge in [0.1, 0.15) is 12.0 Å². The van der Waals surface area contributed by atoms with Crippen LogP contribution in [0.5, 0.6) is 5.75 Å². The van der Waals surface area contributed by atoms with Gasteiger partial charge in [-0.1, -0.05) is 0 Å². The zero-order valence-corrected chi connectivity index (χ0v) is 9.75. The highest BCUT2D eigenvalue weighted by Gasteiger charge is 2.20. The van der Waals surface area contributed by atoms with E-state index in [0.29, 0.717) is 0 Å². The Bertz CT molecular complexity index is 369. The molecule has 0 bridgehead atoms. The molecule has 0 saturated heterocycles. The van der Waals surface area contributed by atoms with Gasteiger partial charge in [0, 0.05) is 18.7 Å². The number of ether oxygens (including phenoxy) is 2. The molecular weight excluding hydrogens is 216 g/mol. The van der Waals surface area contributed by atoms with Gasteiger partial charge >= 0.3 is 0 Å². The van der Waals surface area contributed by atoms with Gasteiger partial charge in [-0.25, -0.2) is 8.78 Å². The normalized spacial score (nSPS) is 12.9. The largest absolute Gasteiger partial charge is 0.494 e. The van der Waals surface area contributed by atoms with Crippen molar-refractivity contribution in [3.63, 3.8) is 0 Å². The molecule has 0 aliphatic rings. The first-order valence-corrected chi connectivity index (χ1v) is 4.73. The van der Waals surface area contributed by atoms with Crippen molar-refractivity contribution >= 4 is 0 Å².